The van der Waals surface area contributed by atoms with E-state index in [1.165, 1.54) is 30.0 Å². The summed E-state index contributed by atoms with van der Waals surface area (Å²) in [6.07, 6.45) is 0. The number of para-hydroxylation sites is 3. The van der Waals surface area contributed by atoms with Crippen molar-refractivity contribution in [3.8, 4) is 5.69 Å². The van der Waals surface area contributed by atoms with Crippen molar-refractivity contribution in [3.05, 3.63) is 83.9 Å². The van der Waals surface area contributed by atoms with E-state index in [1.807, 2.05) is 59.2 Å². The van der Waals surface area contributed by atoms with Crippen LogP contribution < -0.4 is 16.8 Å². The average molecular weight is 446 g/mol. The minimum atomic E-state index is -0.727. The van der Waals surface area contributed by atoms with E-state index in [0.717, 1.165) is 16.7 Å². The molecule has 0 aliphatic carbocycles. The van der Waals surface area contributed by atoms with E-state index >= 15 is 0 Å². The molecule has 32 heavy (non-hydrogen) atoms. The third kappa shape index (κ3) is 4.47. The smallest absolute Gasteiger partial charge is 0.248 e. The summed E-state index contributed by atoms with van der Waals surface area (Å²) >= 11 is 1.27. The number of hydrogen-bond donors (Lipinski definition) is 3. The van der Waals surface area contributed by atoms with Gasteiger partial charge in [-0.25, -0.2) is 4.98 Å². The normalized spacial score (nSPS) is 10.8. The number of nitrogens with zero attached hydrogens (tertiary/aromatic N) is 2. The molecule has 1 aromatic heterocycles. The maximum Gasteiger partial charge on any atom is 0.248 e. The third-order valence-electron chi connectivity index (χ3n) is 4.66. The van der Waals surface area contributed by atoms with Gasteiger partial charge in [-0.3, -0.25) is 19.0 Å². The number of hydrogen-bond acceptors (Lipinski definition) is 5. The largest absolute Gasteiger partial charge is 0.366 e. The zero-order valence-corrected chi connectivity index (χ0v) is 17.6. The van der Waals surface area contributed by atoms with Crippen molar-refractivity contribution in [1.29, 1.82) is 0 Å². The van der Waals surface area contributed by atoms with Crippen LogP contribution in [0.5, 0.6) is 0 Å². The van der Waals surface area contributed by atoms with Gasteiger partial charge in [0.15, 0.2) is 5.16 Å². The summed E-state index contributed by atoms with van der Waals surface area (Å²) in [5.41, 5.74) is 13.7. The van der Waals surface area contributed by atoms with Crippen LogP contribution in [0.15, 0.2) is 78.0 Å². The second-order valence-corrected chi connectivity index (χ2v) is 7.86. The molecule has 4 aromatic rings. The highest BCUT2D eigenvalue weighted by molar-refractivity contribution is 7.99. The van der Waals surface area contributed by atoms with Crippen LogP contribution in [0.4, 0.5) is 5.69 Å². The van der Waals surface area contributed by atoms with Crippen LogP contribution in [0.2, 0.25) is 0 Å². The molecule has 0 atom stereocenters. The molecule has 0 aliphatic heterocycles. The fourth-order valence-corrected chi connectivity index (χ4v) is 4.07. The number of carbonyl (C=O) groups excluding carboxylic acids is 3. The van der Waals surface area contributed by atoms with E-state index in [4.69, 9.17) is 11.5 Å². The summed E-state index contributed by atoms with van der Waals surface area (Å²) in [4.78, 5) is 40.3. The summed E-state index contributed by atoms with van der Waals surface area (Å²) in [6.45, 7) is 0. The van der Waals surface area contributed by atoms with Gasteiger partial charge in [0, 0.05) is 22.5 Å². The molecule has 0 unspecified atom stereocenters. The molecule has 0 spiro atoms. The number of nitrogens with one attached hydrogen (secondary N) is 1. The lowest BCUT2D eigenvalue weighted by Crippen LogP contribution is -2.19. The number of nitrogens with two attached hydrogens (primary N) is 2. The zero-order valence-electron chi connectivity index (χ0n) is 16.8. The molecule has 8 nitrogen and oxygen atoms in total. The Hall–Kier alpha value is -4.11. The molecule has 0 saturated heterocycles. The summed E-state index contributed by atoms with van der Waals surface area (Å²) in [7, 11) is 0. The zero-order chi connectivity index (χ0) is 22.7. The molecule has 0 bridgehead atoms. The van der Waals surface area contributed by atoms with Crippen molar-refractivity contribution in [2.45, 2.75) is 5.16 Å². The molecule has 3 amide bonds. The van der Waals surface area contributed by atoms with Crippen molar-refractivity contribution < 1.29 is 14.4 Å². The predicted molar refractivity (Wildman–Crippen MR) is 124 cm³/mol. The van der Waals surface area contributed by atoms with Gasteiger partial charge in [-0.1, -0.05) is 42.1 Å². The molecule has 0 fully saturated rings. The van der Waals surface area contributed by atoms with E-state index in [1.54, 1.807) is 0 Å². The van der Waals surface area contributed by atoms with Crippen molar-refractivity contribution in [3.63, 3.8) is 0 Å². The van der Waals surface area contributed by atoms with Gasteiger partial charge >= 0.3 is 0 Å². The second kappa shape index (κ2) is 8.94. The van der Waals surface area contributed by atoms with E-state index < -0.39 is 11.8 Å². The number of rotatable bonds is 7. The minimum Gasteiger partial charge on any atom is -0.366 e. The quantitative estimate of drug-likeness (QED) is 0.376. The number of anilines is 1. The van der Waals surface area contributed by atoms with Crippen molar-refractivity contribution in [2.24, 2.45) is 11.5 Å². The fraction of sp³-hybridized carbons (Fsp3) is 0.0435. The summed E-state index contributed by atoms with van der Waals surface area (Å²) in [5, 5.41) is 3.35. The Morgan fingerprint density at radius 2 is 1.50 bits per heavy atom. The first-order chi connectivity index (χ1) is 15.4. The number of benzene rings is 3. The Kier molecular flexibility index (Phi) is 5.91. The highest BCUT2D eigenvalue weighted by Gasteiger charge is 2.15. The average Bonchev–Trinajstić information content (AvgIpc) is 3.16. The van der Waals surface area contributed by atoms with Crippen LogP contribution >= 0.6 is 11.8 Å². The van der Waals surface area contributed by atoms with Crippen LogP contribution in [0, 0.1) is 0 Å². The van der Waals surface area contributed by atoms with Gasteiger partial charge in [-0.05, 0) is 42.5 Å². The molecule has 1 heterocycles. The Labute approximate surface area is 187 Å². The first kappa shape index (κ1) is 21.1. The Morgan fingerprint density at radius 3 is 2.16 bits per heavy atom. The first-order valence-corrected chi connectivity index (χ1v) is 10.6. The monoisotopic (exact) mass is 445 g/mol. The highest BCUT2D eigenvalue weighted by Crippen LogP contribution is 2.28. The lowest BCUT2D eigenvalue weighted by Gasteiger charge is -2.10. The van der Waals surface area contributed by atoms with Gasteiger partial charge in [0.25, 0.3) is 0 Å². The number of aromatic nitrogens is 2. The molecule has 4 rings (SSSR count). The van der Waals surface area contributed by atoms with E-state index in [2.05, 4.69) is 10.3 Å². The molecule has 0 saturated carbocycles. The lowest BCUT2D eigenvalue weighted by molar-refractivity contribution is -0.113. The second-order valence-electron chi connectivity index (χ2n) is 6.92. The number of amides is 3. The van der Waals surface area contributed by atoms with Crippen LogP contribution in [0.1, 0.15) is 20.7 Å². The molecule has 5 N–H and O–H groups in total. The Balaban J connectivity index is 1.57. The molecule has 9 heteroatoms. The maximum absolute atomic E-state index is 12.6. The summed E-state index contributed by atoms with van der Waals surface area (Å²) in [6, 6.07) is 21.6. The highest BCUT2D eigenvalue weighted by atomic mass is 32.2. The maximum atomic E-state index is 12.6. The number of thioether (sulfide) groups is 1. The summed E-state index contributed by atoms with van der Waals surface area (Å²) in [5.74, 6) is -1.73. The van der Waals surface area contributed by atoms with Crippen LogP contribution in [-0.2, 0) is 4.79 Å². The van der Waals surface area contributed by atoms with Gasteiger partial charge in [-0.2, -0.15) is 0 Å². The number of fused-ring (bicyclic) bond motifs is 1. The van der Waals surface area contributed by atoms with Gasteiger partial charge in [0.2, 0.25) is 17.7 Å². The molecule has 3 aromatic carbocycles. The Bertz CT molecular complexity index is 1300. The topological polar surface area (TPSA) is 133 Å². The standard InChI is InChI=1S/C23H19N5O3S/c24-21(30)14-10-15(22(25)31)12-16(11-14)26-20(29)13-32-23-27-18-8-4-5-9-19(18)28(23)17-6-2-1-3-7-17/h1-12H,13H2,(H2,24,30)(H2,25,31)(H,26,29). The molecular weight excluding hydrogens is 426 g/mol. The number of primary amides is 2. The molecular formula is C23H19N5O3S. The van der Waals surface area contributed by atoms with Crippen molar-refractivity contribution >= 4 is 46.2 Å². The van der Waals surface area contributed by atoms with Crippen LogP contribution in [0.25, 0.3) is 16.7 Å². The predicted octanol–water partition coefficient (Wildman–Crippen LogP) is 2.95. The van der Waals surface area contributed by atoms with Crippen LogP contribution in [0.3, 0.4) is 0 Å². The number of carbonyl (C=O) groups is 3. The fourth-order valence-electron chi connectivity index (χ4n) is 3.24. The van der Waals surface area contributed by atoms with Crippen molar-refractivity contribution in [1.82, 2.24) is 9.55 Å². The molecule has 160 valence electrons. The van der Waals surface area contributed by atoms with Crippen molar-refractivity contribution in [2.75, 3.05) is 11.1 Å². The minimum absolute atomic E-state index is 0.0584. The summed E-state index contributed by atoms with van der Waals surface area (Å²) < 4.78 is 1.99. The molecule has 0 aliphatic rings. The lowest BCUT2D eigenvalue weighted by atomic mass is 10.1. The number of imidazole rings is 1. The molecule has 0 radical (unpaired) electrons. The SMILES string of the molecule is NC(=O)c1cc(NC(=O)CSc2nc3ccccc3n2-c2ccccc2)cc(C(N)=O)c1. The van der Waals surface area contributed by atoms with E-state index in [0.29, 0.717) is 5.16 Å². The Morgan fingerprint density at radius 1 is 0.875 bits per heavy atom. The third-order valence-corrected chi connectivity index (χ3v) is 5.60. The van der Waals surface area contributed by atoms with Crippen LogP contribution in [-0.4, -0.2) is 33.0 Å². The van der Waals surface area contributed by atoms with Gasteiger partial charge in [-0.15, -0.1) is 0 Å². The van der Waals surface area contributed by atoms with Gasteiger partial charge in [0.1, 0.15) is 0 Å². The van der Waals surface area contributed by atoms with E-state index in [9.17, 15) is 14.4 Å². The van der Waals surface area contributed by atoms with Gasteiger partial charge < -0.3 is 16.8 Å². The van der Waals surface area contributed by atoms with Gasteiger partial charge in [0.05, 0.1) is 16.8 Å². The van der Waals surface area contributed by atoms with E-state index in [-0.39, 0.29) is 28.5 Å². The first-order valence-electron chi connectivity index (χ1n) is 9.62.